The van der Waals surface area contributed by atoms with Crippen molar-refractivity contribution in [2.24, 2.45) is 5.92 Å². The van der Waals surface area contributed by atoms with Crippen molar-refractivity contribution in [1.29, 1.82) is 0 Å². The molecule has 1 aliphatic heterocycles. The van der Waals surface area contributed by atoms with Gasteiger partial charge in [0.1, 0.15) is 12.3 Å². The number of amides is 1. The molecule has 0 aromatic rings. The monoisotopic (exact) mass is 371 g/mol. The van der Waals surface area contributed by atoms with Crippen LogP contribution in [0.2, 0.25) is 0 Å². The normalized spacial score (nSPS) is 23.4. The van der Waals surface area contributed by atoms with E-state index in [1.165, 1.54) is 6.42 Å². The molecule has 1 unspecified atom stereocenters. The van der Waals surface area contributed by atoms with Gasteiger partial charge >= 0.3 is 0 Å². The number of alkyl halides is 2. The highest BCUT2D eigenvalue weighted by Gasteiger charge is 2.33. The van der Waals surface area contributed by atoms with E-state index in [9.17, 15) is 18.4 Å². The highest BCUT2D eigenvalue weighted by Crippen LogP contribution is 2.28. The molecule has 5 nitrogen and oxygen atoms in total. The zero-order valence-corrected chi connectivity index (χ0v) is 15.4. The Kier molecular flexibility index (Phi) is 8.48. The number of piperidine rings is 1. The van der Waals surface area contributed by atoms with E-state index >= 15 is 0 Å². The Morgan fingerprint density at radius 3 is 2.50 bits per heavy atom. The SMILES string of the molecule is C=C(NC(C(=O)NCC=O)C1CCCCC1)[C@@H]1CCCCN1CC(F)F. The van der Waals surface area contributed by atoms with Gasteiger partial charge in [0, 0.05) is 11.7 Å². The molecule has 2 N–H and O–H groups in total. The van der Waals surface area contributed by atoms with Crippen LogP contribution in [0.1, 0.15) is 51.4 Å². The fourth-order valence-electron chi connectivity index (χ4n) is 4.19. The van der Waals surface area contributed by atoms with Crippen LogP contribution in [0.3, 0.4) is 0 Å². The Hall–Kier alpha value is -1.50. The predicted octanol–water partition coefficient (Wildman–Crippen LogP) is 2.47. The molecule has 7 heteroatoms. The minimum atomic E-state index is -2.38. The molecule has 0 spiro atoms. The van der Waals surface area contributed by atoms with Gasteiger partial charge in [-0.1, -0.05) is 32.3 Å². The maximum Gasteiger partial charge on any atom is 0.251 e. The van der Waals surface area contributed by atoms with Crippen molar-refractivity contribution in [3.05, 3.63) is 12.3 Å². The van der Waals surface area contributed by atoms with Crippen LogP contribution in [0.5, 0.6) is 0 Å². The van der Waals surface area contributed by atoms with E-state index in [1.54, 1.807) is 4.90 Å². The number of nitrogens with zero attached hydrogens (tertiary/aromatic N) is 1. The zero-order chi connectivity index (χ0) is 18.9. The van der Waals surface area contributed by atoms with Crippen molar-refractivity contribution in [3.63, 3.8) is 0 Å². The van der Waals surface area contributed by atoms with Gasteiger partial charge in [-0.25, -0.2) is 8.78 Å². The van der Waals surface area contributed by atoms with Crippen molar-refractivity contribution in [2.45, 2.75) is 69.9 Å². The van der Waals surface area contributed by atoms with Gasteiger partial charge in [0.2, 0.25) is 5.91 Å². The van der Waals surface area contributed by atoms with Gasteiger partial charge in [0.15, 0.2) is 0 Å². The number of rotatable bonds is 9. The van der Waals surface area contributed by atoms with Crippen LogP contribution in [0, 0.1) is 5.92 Å². The first-order valence-electron chi connectivity index (χ1n) is 9.71. The zero-order valence-electron chi connectivity index (χ0n) is 15.4. The Bertz CT molecular complexity index is 481. The van der Waals surface area contributed by atoms with Gasteiger partial charge in [-0.3, -0.25) is 9.69 Å². The Morgan fingerprint density at radius 2 is 1.85 bits per heavy atom. The number of likely N-dealkylation sites (tertiary alicyclic amines) is 1. The van der Waals surface area contributed by atoms with Gasteiger partial charge in [0.05, 0.1) is 13.1 Å². The first-order chi connectivity index (χ1) is 12.5. The molecule has 2 rings (SSSR count). The summed E-state index contributed by atoms with van der Waals surface area (Å²) < 4.78 is 25.8. The average Bonchev–Trinajstić information content (AvgIpc) is 2.64. The van der Waals surface area contributed by atoms with Crippen LogP contribution < -0.4 is 10.6 Å². The maximum absolute atomic E-state index is 12.9. The molecular weight excluding hydrogens is 340 g/mol. The number of carbonyl (C=O) groups excluding carboxylic acids is 2. The lowest BCUT2D eigenvalue weighted by Crippen LogP contribution is -2.53. The van der Waals surface area contributed by atoms with E-state index < -0.39 is 12.5 Å². The summed E-state index contributed by atoms with van der Waals surface area (Å²) in [6.07, 6.45) is 6.16. The van der Waals surface area contributed by atoms with Crippen LogP contribution in [-0.4, -0.2) is 55.2 Å². The minimum Gasteiger partial charge on any atom is -0.376 e. The highest BCUT2D eigenvalue weighted by atomic mass is 19.3. The molecule has 1 saturated carbocycles. The summed E-state index contributed by atoms with van der Waals surface area (Å²) in [5, 5.41) is 5.90. The van der Waals surface area contributed by atoms with Gasteiger partial charge in [0.25, 0.3) is 6.43 Å². The topological polar surface area (TPSA) is 61.4 Å². The molecule has 0 aromatic heterocycles. The van der Waals surface area contributed by atoms with Crippen molar-refractivity contribution in [2.75, 3.05) is 19.6 Å². The largest absolute Gasteiger partial charge is 0.376 e. The second-order valence-corrected chi connectivity index (χ2v) is 7.35. The molecule has 26 heavy (non-hydrogen) atoms. The molecule has 0 aromatic carbocycles. The fourth-order valence-corrected chi connectivity index (χ4v) is 4.19. The van der Waals surface area contributed by atoms with Crippen LogP contribution in [-0.2, 0) is 9.59 Å². The molecule has 148 valence electrons. The third-order valence-corrected chi connectivity index (χ3v) is 5.49. The quantitative estimate of drug-likeness (QED) is 0.612. The van der Waals surface area contributed by atoms with Crippen LogP contribution in [0.15, 0.2) is 12.3 Å². The smallest absolute Gasteiger partial charge is 0.251 e. The Balaban J connectivity index is 2.05. The lowest BCUT2D eigenvalue weighted by molar-refractivity contribution is -0.125. The summed E-state index contributed by atoms with van der Waals surface area (Å²) in [4.78, 5) is 24.9. The molecular formula is C19H31F2N3O2. The summed E-state index contributed by atoms with van der Waals surface area (Å²) in [5.41, 5.74) is 0.641. The van der Waals surface area contributed by atoms with Crippen LogP contribution >= 0.6 is 0 Å². The van der Waals surface area contributed by atoms with E-state index in [4.69, 9.17) is 0 Å². The summed E-state index contributed by atoms with van der Waals surface area (Å²) in [7, 11) is 0. The molecule has 1 saturated heterocycles. The summed E-state index contributed by atoms with van der Waals surface area (Å²) in [5.74, 6) is -0.0272. The number of halogens is 2. The summed E-state index contributed by atoms with van der Waals surface area (Å²) >= 11 is 0. The number of aldehydes is 1. The van der Waals surface area contributed by atoms with Gasteiger partial charge < -0.3 is 15.4 Å². The summed E-state index contributed by atoms with van der Waals surface area (Å²) in [6, 6.07) is -0.638. The molecule has 2 atom stereocenters. The second-order valence-electron chi connectivity index (χ2n) is 7.35. The maximum atomic E-state index is 12.9. The van der Waals surface area contributed by atoms with E-state index in [1.807, 2.05) is 0 Å². The molecule has 0 radical (unpaired) electrons. The highest BCUT2D eigenvalue weighted by molar-refractivity contribution is 5.84. The standard InChI is InChI=1S/C19H31F2N3O2/c1-14(16-9-5-6-11-24(16)13-17(20)21)23-18(19(26)22-10-12-25)15-7-3-2-4-8-15/h12,15-18,23H,1-11,13H2,(H,22,26)/t16-,18?/m0/s1. The van der Waals surface area contributed by atoms with Gasteiger partial charge in [-0.05, 0) is 38.1 Å². The van der Waals surface area contributed by atoms with Crippen LogP contribution in [0.4, 0.5) is 8.78 Å². The Morgan fingerprint density at radius 1 is 1.15 bits per heavy atom. The van der Waals surface area contributed by atoms with E-state index in [0.29, 0.717) is 18.5 Å². The molecule has 0 bridgehead atoms. The van der Waals surface area contributed by atoms with Crippen molar-refractivity contribution >= 4 is 12.2 Å². The number of carbonyl (C=O) groups is 2. The third kappa shape index (κ3) is 6.04. The molecule has 2 fully saturated rings. The third-order valence-electron chi connectivity index (χ3n) is 5.49. The lowest BCUT2D eigenvalue weighted by Gasteiger charge is -2.39. The number of nitrogens with one attached hydrogen (secondary N) is 2. The van der Waals surface area contributed by atoms with Gasteiger partial charge in [-0.2, -0.15) is 0 Å². The predicted molar refractivity (Wildman–Crippen MR) is 96.9 cm³/mol. The minimum absolute atomic E-state index is 0.0167. The fraction of sp³-hybridized carbons (Fsp3) is 0.789. The molecule has 1 amide bonds. The Labute approximate surface area is 154 Å². The van der Waals surface area contributed by atoms with Crippen molar-refractivity contribution in [3.8, 4) is 0 Å². The number of hydrogen-bond donors (Lipinski definition) is 2. The first kappa shape index (κ1) is 20.8. The second kappa shape index (κ2) is 10.6. The summed E-state index contributed by atoms with van der Waals surface area (Å²) in [6.45, 7) is 4.43. The molecule has 2 aliphatic rings. The van der Waals surface area contributed by atoms with Crippen molar-refractivity contribution in [1.82, 2.24) is 15.5 Å². The average molecular weight is 371 g/mol. The first-order valence-corrected chi connectivity index (χ1v) is 9.71. The number of hydrogen-bond acceptors (Lipinski definition) is 4. The molecule has 1 heterocycles. The van der Waals surface area contributed by atoms with Gasteiger partial charge in [-0.15, -0.1) is 0 Å². The molecule has 1 aliphatic carbocycles. The lowest BCUT2D eigenvalue weighted by atomic mass is 9.83. The van der Waals surface area contributed by atoms with E-state index in [0.717, 1.165) is 44.9 Å². The van der Waals surface area contributed by atoms with E-state index in [-0.39, 0.29) is 31.0 Å². The van der Waals surface area contributed by atoms with Crippen molar-refractivity contribution < 1.29 is 18.4 Å². The van der Waals surface area contributed by atoms with E-state index in [2.05, 4.69) is 17.2 Å². The van der Waals surface area contributed by atoms with Crippen LogP contribution in [0.25, 0.3) is 0 Å².